The number of nitrogens with one attached hydrogen (secondary N) is 2. The lowest BCUT2D eigenvalue weighted by molar-refractivity contribution is 0.140. The van der Waals surface area contributed by atoms with Gasteiger partial charge in [0, 0.05) is 57.1 Å². The molecule has 0 radical (unpaired) electrons. The zero-order valence-corrected chi connectivity index (χ0v) is 17.1. The van der Waals surface area contributed by atoms with Crippen LogP contribution in [0.15, 0.2) is 4.99 Å². The third-order valence-corrected chi connectivity index (χ3v) is 5.78. The maximum Gasteiger partial charge on any atom is 0.191 e. The van der Waals surface area contributed by atoms with Crippen molar-refractivity contribution in [3.63, 3.8) is 0 Å². The Morgan fingerprint density at radius 2 is 1.84 bits per heavy atom. The molecule has 6 nitrogen and oxygen atoms in total. The average Bonchev–Trinajstić information content (AvgIpc) is 2.93. The quantitative estimate of drug-likeness (QED) is 0.539. The van der Waals surface area contributed by atoms with Gasteiger partial charge in [0.25, 0.3) is 0 Å². The first-order chi connectivity index (χ1) is 12.1. The lowest BCUT2D eigenvalue weighted by Gasteiger charge is -2.33. The molecule has 0 aliphatic carbocycles. The number of hydrogen-bond acceptors (Lipinski definition) is 5. The van der Waals surface area contributed by atoms with E-state index in [1.54, 1.807) is 11.3 Å². The van der Waals surface area contributed by atoms with Crippen LogP contribution in [0.4, 0.5) is 0 Å². The Kier molecular flexibility index (Phi) is 8.64. The summed E-state index contributed by atoms with van der Waals surface area (Å²) in [7, 11) is 0. The van der Waals surface area contributed by atoms with Gasteiger partial charge in [-0.05, 0) is 27.3 Å². The molecule has 142 valence electrons. The van der Waals surface area contributed by atoms with Crippen LogP contribution in [0, 0.1) is 13.8 Å². The normalized spacial score (nSPS) is 17.0. The summed E-state index contributed by atoms with van der Waals surface area (Å²) in [5, 5.41) is 7.97. The van der Waals surface area contributed by atoms with Crippen LogP contribution in [0.2, 0.25) is 0 Å². The summed E-state index contributed by atoms with van der Waals surface area (Å²) in [6.45, 7) is 18.1. The second kappa shape index (κ2) is 10.7. The molecular weight excluding hydrogens is 332 g/mol. The topological polar surface area (TPSA) is 55.8 Å². The van der Waals surface area contributed by atoms with Crippen molar-refractivity contribution in [2.75, 3.05) is 58.9 Å². The van der Waals surface area contributed by atoms with Crippen molar-refractivity contribution in [2.45, 2.75) is 34.1 Å². The molecule has 0 spiro atoms. The van der Waals surface area contributed by atoms with Crippen LogP contribution in [0.1, 0.15) is 29.4 Å². The van der Waals surface area contributed by atoms with Crippen LogP contribution in [0.3, 0.4) is 0 Å². The molecule has 1 aromatic rings. The van der Waals surface area contributed by atoms with Gasteiger partial charge in [-0.25, -0.2) is 4.98 Å². The maximum absolute atomic E-state index is 4.72. The van der Waals surface area contributed by atoms with Crippen molar-refractivity contribution in [1.29, 1.82) is 0 Å². The minimum atomic E-state index is 0.844. The number of piperazine rings is 1. The lowest BCUT2D eigenvalue weighted by atomic mass is 10.3. The Balaban J connectivity index is 1.70. The molecule has 25 heavy (non-hydrogen) atoms. The molecule has 2 rings (SSSR count). The van der Waals surface area contributed by atoms with Gasteiger partial charge in [0.1, 0.15) is 0 Å². The zero-order valence-electron chi connectivity index (χ0n) is 16.3. The molecule has 1 saturated heterocycles. The highest BCUT2D eigenvalue weighted by atomic mass is 32.1. The van der Waals surface area contributed by atoms with E-state index in [1.807, 2.05) is 0 Å². The zero-order chi connectivity index (χ0) is 18.1. The molecule has 0 aromatic carbocycles. The maximum atomic E-state index is 4.72. The number of aromatic nitrogens is 1. The molecule has 1 aliphatic rings. The molecule has 7 heteroatoms. The number of hydrogen-bond donors (Lipinski definition) is 2. The Morgan fingerprint density at radius 1 is 1.12 bits per heavy atom. The van der Waals surface area contributed by atoms with Gasteiger partial charge in [0.05, 0.1) is 17.2 Å². The third-order valence-electron chi connectivity index (χ3n) is 4.65. The van der Waals surface area contributed by atoms with Gasteiger partial charge in [0.15, 0.2) is 5.96 Å². The summed E-state index contributed by atoms with van der Waals surface area (Å²) in [5.41, 5.74) is 1.16. The van der Waals surface area contributed by atoms with Crippen molar-refractivity contribution in [1.82, 2.24) is 25.4 Å². The predicted molar refractivity (Wildman–Crippen MR) is 108 cm³/mol. The first-order valence-electron chi connectivity index (χ1n) is 9.52. The molecular formula is C18H34N6S. The van der Waals surface area contributed by atoms with Crippen LogP contribution in [0.25, 0.3) is 0 Å². The van der Waals surface area contributed by atoms with Crippen molar-refractivity contribution < 1.29 is 0 Å². The number of aryl methyl sites for hydroxylation is 2. The summed E-state index contributed by atoms with van der Waals surface area (Å²) in [5.74, 6) is 0.916. The van der Waals surface area contributed by atoms with Crippen molar-refractivity contribution in [2.24, 2.45) is 4.99 Å². The molecule has 0 saturated carbocycles. The van der Waals surface area contributed by atoms with Gasteiger partial charge >= 0.3 is 0 Å². The molecule has 0 bridgehead atoms. The van der Waals surface area contributed by atoms with E-state index in [9.17, 15) is 0 Å². The van der Waals surface area contributed by atoms with Gasteiger partial charge in [-0.15, -0.1) is 11.3 Å². The van der Waals surface area contributed by atoms with Gasteiger partial charge in [0.2, 0.25) is 0 Å². The van der Waals surface area contributed by atoms with Crippen LogP contribution >= 0.6 is 11.3 Å². The van der Waals surface area contributed by atoms with E-state index >= 15 is 0 Å². The van der Waals surface area contributed by atoms with E-state index in [0.717, 1.165) is 57.3 Å². The van der Waals surface area contributed by atoms with E-state index < -0.39 is 0 Å². The van der Waals surface area contributed by atoms with Crippen LogP contribution < -0.4 is 10.6 Å². The lowest BCUT2D eigenvalue weighted by Crippen LogP contribution is -2.47. The molecule has 1 fully saturated rings. The second-order valence-electron chi connectivity index (χ2n) is 6.46. The number of rotatable bonds is 8. The summed E-state index contributed by atoms with van der Waals surface area (Å²) in [6, 6.07) is 0. The summed E-state index contributed by atoms with van der Waals surface area (Å²) in [4.78, 5) is 15.7. The molecule has 0 amide bonds. The average molecular weight is 367 g/mol. The Bertz CT molecular complexity index is 514. The number of aliphatic imine (C=N–C) groups is 1. The molecule has 2 N–H and O–H groups in total. The second-order valence-corrected chi connectivity index (χ2v) is 7.75. The standard InChI is InChI=1S/C18H34N6S/c1-5-19-18(20-8-7-17-22-15(3)16(4)25-17)21-9-10-24-13-11-23(6-2)12-14-24/h5-14H2,1-4H3,(H2,19,20,21). The molecule has 0 unspecified atom stereocenters. The fourth-order valence-electron chi connectivity index (χ4n) is 2.91. The highest BCUT2D eigenvalue weighted by Gasteiger charge is 2.14. The fourth-order valence-corrected chi connectivity index (χ4v) is 3.84. The van der Waals surface area contributed by atoms with E-state index in [0.29, 0.717) is 0 Å². The van der Waals surface area contributed by atoms with Crippen molar-refractivity contribution >= 4 is 17.3 Å². The Labute approximate surface area is 156 Å². The summed E-state index contributed by atoms with van der Waals surface area (Å²) < 4.78 is 0. The third kappa shape index (κ3) is 6.92. The summed E-state index contributed by atoms with van der Waals surface area (Å²) in [6.07, 6.45) is 0.947. The van der Waals surface area contributed by atoms with Gasteiger partial charge in [-0.2, -0.15) is 0 Å². The minimum absolute atomic E-state index is 0.844. The van der Waals surface area contributed by atoms with Crippen LogP contribution in [-0.2, 0) is 6.42 Å². The Hall–Kier alpha value is -1.18. The number of likely N-dealkylation sites (N-methyl/N-ethyl adjacent to an activating group) is 1. The Morgan fingerprint density at radius 3 is 2.44 bits per heavy atom. The van der Waals surface area contributed by atoms with E-state index in [1.165, 1.54) is 29.5 Å². The number of nitrogens with zero attached hydrogens (tertiary/aromatic N) is 4. The van der Waals surface area contributed by atoms with Crippen LogP contribution in [0.5, 0.6) is 0 Å². The SMILES string of the molecule is CCNC(=NCCN1CCN(CC)CC1)NCCc1nc(C)c(C)s1. The first kappa shape index (κ1) is 20.1. The fraction of sp³-hybridized carbons (Fsp3) is 0.778. The van der Waals surface area contributed by atoms with Gasteiger partial charge in [-0.3, -0.25) is 9.89 Å². The van der Waals surface area contributed by atoms with Crippen LogP contribution in [-0.4, -0.2) is 79.6 Å². The van der Waals surface area contributed by atoms with Gasteiger partial charge in [-0.1, -0.05) is 6.92 Å². The largest absolute Gasteiger partial charge is 0.357 e. The van der Waals surface area contributed by atoms with Gasteiger partial charge < -0.3 is 15.5 Å². The number of guanidine groups is 1. The molecule has 2 heterocycles. The smallest absolute Gasteiger partial charge is 0.191 e. The first-order valence-corrected chi connectivity index (χ1v) is 10.3. The monoisotopic (exact) mass is 366 g/mol. The highest BCUT2D eigenvalue weighted by molar-refractivity contribution is 7.11. The predicted octanol–water partition coefficient (Wildman–Crippen LogP) is 1.50. The number of thiazole rings is 1. The van der Waals surface area contributed by atoms with E-state index in [-0.39, 0.29) is 0 Å². The van der Waals surface area contributed by atoms with E-state index in [2.05, 4.69) is 53.1 Å². The summed E-state index contributed by atoms with van der Waals surface area (Å²) >= 11 is 1.80. The highest BCUT2D eigenvalue weighted by Crippen LogP contribution is 2.16. The minimum Gasteiger partial charge on any atom is -0.357 e. The van der Waals surface area contributed by atoms with Crippen molar-refractivity contribution in [3.05, 3.63) is 15.6 Å². The molecule has 0 atom stereocenters. The van der Waals surface area contributed by atoms with E-state index in [4.69, 9.17) is 4.99 Å². The molecule has 1 aliphatic heterocycles. The molecule has 1 aromatic heterocycles. The van der Waals surface area contributed by atoms with Crippen molar-refractivity contribution in [3.8, 4) is 0 Å².